The average molecular weight is 259 g/mol. The van der Waals surface area contributed by atoms with E-state index in [1.54, 1.807) is 7.11 Å². The van der Waals surface area contributed by atoms with E-state index in [9.17, 15) is 0 Å². The molecule has 3 unspecified atom stereocenters. The quantitative estimate of drug-likeness (QED) is 0.576. The third-order valence-electron chi connectivity index (χ3n) is 3.33. The Balaban J connectivity index is 2.24. The number of rotatable bonds is 11. The topological polar surface area (TPSA) is 39.7 Å². The van der Waals surface area contributed by atoms with E-state index in [2.05, 4.69) is 19.2 Å². The molecule has 1 N–H and O–H groups in total. The van der Waals surface area contributed by atoms with E-state index < -0.39 is 0 Å². The van der Waals surface area contributed by atoms with Gasteiger partial charge in [0.15, 0.2) is 0 Å². The third kappa shape index (κ3) is 5.22. The van der Waals surface area contributed by atoms with Crippen LogP contribution >= 0.6 is 0 Å². The molecule has 18 heavy (non-hydrogen) atoms. The zero-order chi connectivity index (χ0) is 13.2. The molecule has 0 spiro atoms. The van der Waals surface area contributed by atoms with Gasteiger partial charge < -0.3 is 19.5 Å². The van der Waals surface area contributed by atoms with E-state index in [-0.39, 0.29) is 12.2 Å². The van der Waals surface area contributed by atoms with Crippen molar-refractivity contribution in [3.05, 3.63) is 0 Å². The first-order valence-corrected chi connectivity index (χ1v) is 7.29. The second-order valence-corrected chi connectivity index (χ2v) is 4.89. The first-order chi connectivity index (χ1) is 8.83. The average Bonchev–Trinajstić information content (AvgIpc) is 2.37. The van der Waals surface area contributed by atoms with Crippen molar-refractivity contribution in [1.82, 2.24) is 5.32 Å². The molecule has 0 bridgehead atoms. The monoisotopic (exact) mass is 259 g/mol. The van der Waals surface area contributed by atoms with E-state index in [0.29, 0.717) is 19.3 Å². The Labute approximate surface area is 111 Å². The minimum atomic E-state index is 0.198. The summed E-state index contributed by atoms with van der Waals surface area (Å²) in [4.78, 5) is 0. The largest absolute Gasteiger partial charge is 0.382 e. The van der Waals surface area contributed by atoms with Crippen LogP contribution in [0.25, 0.3) is 0 Å². The molecule has 3 atom stereocenters. The van der Waals surface area contributed by atoms with E-state index in [1.165, 1.54) is 6.42 Å². The molecule has 1 aliphatic rings. The van der Waals surface area contributed by atoms with Crippen LogP contribution in [0.4, 0.5) is 0 Å². The van der Waals surface area contributed by atoms with Gasteiger partial charge in [0, 0.05) is 19.8 Å². The van der Waals surface area contributed by atoms with Gasteiger partial charge in [0.25, 0.3) is 0 Å². The Kier molecular flexibility index (Phi) is 8.59. The highest BCUT2D eigenvalue weighted by atomic mass is 16.6. The molecule has 0 aliphatic heterocycles. The van der Waals surface area contributed by atoms with Crippen molar-refractivity contribution in [2.45, 2.75) is 57.8 Å². The molecule has 1 aliphatic carbocycles. The molecule has 0 radical (unpaired) electrons. The maximum atomic E-state index is 5.87. The van der Waals surface area contributed by atoms with Gasteiger partial charge >= 0.3 is 0 Å². The fourth-order valence-corrected chi connectivity index (χ4v) is 2.14. The second-order valence-electron chi connectivity index (χ2n) is 4.89. The SMILES string of the molecule is CCCCOC1CC(NCCC)C1OCCOC. The molecule has 0 aromatic heterocycles. The van der Waals surface area contributed by atoms with Gasteiger partial charge in [-0.25, -0.2) is 0 Å². The van der Waals surface area contributed by atoms with Crippen molar-refractivity contribution in [3.8, 4) is 0 Å². The van der Waals surface area contributed by atoms with Crippen LogP contribution < -0.4 is 5.32 Å². The van der Waals surface area contributed by atoms with Gasteiger partial charge in [0.2, 0.25) is 0 Å². The summed E-state index contributed by atoms with van der Waals surface area (Å²) in [6.45, 7) is 7.57. The van der Waals surface area contributed by atoms with Crippen molar-refractivity contribution in [1.29, 1.82) is 0 Å². The van der Waals surface area contributed by atoms with Gasteiger partial charge in [-0.2, -0.15) is 0 Å². The molecule has 1 rings (SSSR count). The normalized spacial score (nSPS) is 27.2. The lowest BCUT2D eigenvalue weighted by Crippen LogP contribution is -2.60. The molecule has 4 nitrogen and oxygen atoms in total. The lowest BCUT2D eigenvalue weighted by molar-refractivity contribution is -0.152. The number of unbranched alkanes of at least 4 members (excludes halogenated alkanes) is 1. The summed E-state index contributed by atoms with van der Waals surface area (Å²) in [5.41, 5.74) is 0. The number of ether oxygens (including phenoxy) is 3. The van der Waals surface area contributed by atoms with Crippen LogP contribution in [0.15, 0.2) is 0 Å². The van der Waals surface area contributed by atoms with Crippen LogP contribution in [0.1, 0.15) is 39.5 Å². The minimum Gasteiger partial charge on any atom is -0.382 e. The number of nitrogens with one attached hydrogen (secondary N) is 1. The molecular weight excluding hydrogens is 230 g/mol. The third-order valence-corrected chi connectivity index (χ3v) is 3.33. The van der Waals surface area contributed by atoms with E-state index in [0.717, 1.165) is 32.4 Å². The van der Waals surface area contributed by atoms with Gasteiger partial charge in [-0.3, -0.25) is 0 Å². The molecule has 0 saturated heterocycles. The van der Waals surface area contributed by atoms with Crippen molar-refractivity contribution in [2.75, 3.05) is 33.5 Å². The fourth-order valence-electron chi connectivity index (χ4n) is 2.14. The number of methoxy groups -OCH3 is 1. The summed E-state index contributed by atoms with van der Waals surface area (Å²) in [5.74, 6) is 0. The number of hydrogen-bond donors (Lipinski definition) is 1. The van der Waals surface area contributed by atoms with Crippen LogP contribution in [-0.4, -0.2) is 51.7 Å². The maximum absolute atomic E-state index is 5.87. The predicted molar refractivity (Wildman–Crippen MR) is 73.0 cm³/mol. The zero-order valence-electron chi connectivity index (χ0n) is 12.1. The number of hydrogen-bond acceptors (Lipinski definition) is 4. The van der Waals surface area contributed by atoms with Gasteiger partial charge in [0.05, 0.1) is 25.4 Å². The Morgan fingerprint density at radius 3 is 2.56 bits per heavy atom. The molecule has 1 fully saturated rings. The van der Waals surface area contributed by atoms with Gasteiger partial charge in [-0.15, -0.1) is 0 Å². The lowest BCUT2D eigenvalue weighted by atomic mass is 9.85. The first kappa shape index (κ1) is 15.9. The molecule has 0 aromatic rings. The standard InChI is InChI=1S/C14H29NO3/c1-4-6-8-17-13-11-12(15-7-5-2)14(13)18-10-9-16-3/h12-15H,4-11H2,1-3H3. The second kappa shape index (κ2) is 9.73. The molecule has 0 aromatic carbocycles. The van der Waals surface area contributed by atoms with E-state index in [1.807, 2.05) is 0 Å². The summed E-state index contributed by atoms with van der Waals surface area (Å²) in [5, 5.41) is 3.52. The Bertz CT molecular complexity index is 201. The summed E-state index contributed by atoms with van der Waals surface area (Å²) in [6.07, 6.45) is 5.00. The zero-order valence-corrected chi connectivity index (χ0v) is 12.1. The highest BCUT2D eigenvalue weighted by Crippen LogP contribution is 2.27. The van der Waals surface area contributed by atoms with E-state index >= 15 is 0 Å². The van der Waals surface area contributed by atoms with Crippen LogP contribution in [0, 0.1) is 0 Å². The van der Waals surface area contributed by atoms with Gasteiger partial charge in [-0.05, 0) is 25.8 Å². The van der Waals surface area contributed by atoms with Gasteiger partial charge in [0.1, 0.15) is 0 Å². The highest BCUT2D eigenvalue weighted by molar-refractivity contribution is 4.97. The van der Waals surface area contributed by atoms with Crippen LogP contribution in [0.2, 0.25) is 0 Å². The molecule has 1 saturated carbocycles. The Morgan fingerprint density at radius 1 is 1.06 bits per heavy atom. The molecular formula is C14H29NO3. The maximum Gasteiger partial charge on any atom is 0.0991 e. The molecule has 0 amide bonds. The highest BCUT2D eigenvalue weighted by Gasteiger charge is 2.42. The summed E-state index contributed by atoms with van der Waals surface area (Å²) >= 11 is 0. The summed E-state index contributed by atoms with van der Waals surface area (Å²) < 4.78 is 16.7. The van der Waals surface area contributed by atoms with Crippen LogP contribution in [-0.2, 0) is 14.2 Å². The van der Waals surface area contributed by atoms with Crippen molar-refractivity contribution < 1.29 is 14.2 Å². The van der Waals surface area contributed by atoms with Crippen molar-refractivity contribution in [2.24, 2.45) is 0 Å². The lowest BCUT2D eigenvalue weighted by Gasteiger charge is -2.44. The first-order valence-electron chi connectivity index (χ1n) is 7.29. The fraction of sp³-hybridized carbons (Fsp3) is 1.00. The van der Waals surface area contributed by atoms with E-state index in [4.69, 9.17) is 14.2 Å². The summed E-state index contributed by atoms with van der Waals surface area (Å²) in [7, 11) is 1.70. The smallest absolute Gasteiger partial charge is 0.0991 e. The summed E-state index contributed by atoms with van der Waals surface area (Å²) in [6, 6.07) is 0.452. The minimum absolute atomic E-state index is 0.198. The van der Waals surface area contributed by atoms with Crippen molar-refractivity contribution in [3.63, 3.8) is 0 Å². The molecule has 108 valence electrons. The molecule has 4 heteroatoms. The van der Waals surface area contributed by atoms with Crippen LogP contribution in [0.3, 0.4) is 0 Å². The van der Waals surface area contributed by atoms with Crippen LogP contribution in [0.5, 0.6) is 0 Å². The Morgan fingerprint density at radius 2 is 1.89 bits per heavy atom. The van der Waals surface area contributed by atoms with Gasteiger partial charge in [-0.1, -0.05) is 20.3 Å². The molecule has 0 heterocycles. The Hall–Kier alpha value is -0.160. The van der Waals surface area contributed by atoms with Crippen molar-refractivity contribution >= 4 is 0 Å². The predicted octanol–water partition coefficient (Wildman–Crippen LogP) is 1.98.